The topological polar surface area (TPSA) is 53.7 Å². The van der Waals surface area contributed by atoms with Crippen LogP contribution in [-0.2, 0) is 12.0 Å². The van der Waals surface area contributed by atoms with Crippen molar-refractivity contribution in [1.29, 1.82) is 0 Å². The molecular weight excluding hydrogens is 483 g/mol. The molecule has 2 aromatic rings. The quantitative estimate of drug-likeness (QED) is 0.270. The van der Waals surface area contributed by atoms with Crippen LogP contribution in [0.5, 0.6) is 0 Å². The first-order valence-electron chi connectivity index (χ1n) is 9.54. The number of rotatable bonds is 5. The Bertz CT molecular complexity index is 757. The Kier molecular flexibility index (Phi) is 8.67. The van der Waals surface area contributed by atoms with E-state index in [1.165, 1.54) is 11.3 Å². The van der Waals surface area contributed by atoms with Crippen molar-refractivity contribution in [3.05, 3.63) is 48.2 Å². The van der Waals surface area contributed by atoms with E-state index in [2.05, 4.69) is 71.3 Å². The first kappa shape index (κ1) is 23.1. The second kappa shape index (κ2) is 10.5. The minimum atomic E-state index is -0.0223. The molecule has 0 radical (unpaired) electrons. The number of nitrogens with one attached hydrogen (secondary N) is 1. The highest BCUT2D eigenvalue weighted by molar-refractivity contribution is 14.0. The van der Waals surface area contributed by atoms with E-state index < -0.39 is 0 Å². The Balaban J connectivity index is 0.00000280. The zero-order chi connectivity index (χ0) is 19.3. The van der Waals surface area contributed by atoms with Gasteiger partial charge in [-0.1, -0.05) is 39.0 Å². The van der Waals surface area contributed by atoms with Gasteiger partial charge in [-0.05, 0) is 24.5 Å². The van der Waals surface area contributed by atoms with Crippen molar-refractivity contribution >= 4 is 41.7 Å². The molecule has 0 bridgehead atoms. The molecule has 3 rings (SSSR count). The fourth-order valence-corrected chi connectivity index (χ4v) is 4.17. The summed E-state index contributed by atoms with van der Waals surface area (Å²) < 4.78 is 5.86. The number of benzene rings is 1. The van der Waals surface area contributed by atoms with E-state index in [-0.39, 0.29) is 29.4 Å². The molecule has 0 aliphatic carbocycles. The van der Waals surface area contributed by atoms with Gasteiger partial charge in [0.25, 0.3) is 0 Å². The summed E-state index contributed by atoms with van der Waals surface area (Å²) in [5.74, 6) is 4.37. The minimum Gasteiger partial charge on any atom is -0.443 e. The molecule has 0 saturated carbocycles. The highest BCUT2D eigenvalue weighted by Crippen LogP contribution is 2.26. The molecular formula is C21H31IN4OS. The van der Waals surface area contributed by atoms with Crippen molar-refractivity contribution in [2.75, 3.05) is 25.9 Å². The van der Waals surface area contributed by atoms with Crippen molar-refractivity contribution < 1.29 is 4.42 Å². The van der Waals surface area contributed by atoms with Gasteiger partial charge in [0.15, 0.2) is 5.96 Å². The number of halogens is 1. The monoisotopic (exact) mass is 514 g/mol. The summed E-state index contributed by atoms with van der Waals surface area (Å²) in [5, 5.41) is 3.40. The Morgan fingerprint density at radius 2 is 2.07 bits per heavy atom. The third-order valence-electron chi connectivity index (χ3n) is 4.72. The lowest BCUT2D eigenvalue weighted by molar-refractivity contribution is 0.376. The van der Waals surface area contributed by atoms with Crippen molar-refractivity contribution in [2.45, 2.75) is 44.0 Å². The van der Waals surface area contributed by atoms with Gasteiger partial charge in [-0.3, -0.25) is 4.99 Å². The molecule has 1 atom stereocenters. The standard InChI is InChI=1S/C21H30N4OS.HI/c1-21(2,3)18-12-23-19(26-18)13-24-20(22-4)25-11-10-16(14-25)15-27-17-8-6-5-7-9-17;/h5-9,12,16H,10-11,13-15H2,1-4H3,(H,22,24);1H. The molecule has 7 heteroatoms. The number of likely N-dealkylation sites (tertiary alicyclic amines) is 1. The molecule has 1 aliphatic heterocycles. The maximum atomic E-state index is 5.86. The van der Waals surface area contributed by atoms with Crippen LogP contribution in [-0.4, -0.2) is 41.7 Å². The van der Waals surface area contributed by atoms with E-state index in [0.717, 1.165) is 30.6 Å². The highest BCUT2D eigenvalue weighted by Gasteiger charge is 2.25. The predicted molar refractivity (Wildman–Crippen MR) is 128 cm³/mol. The van der Waals surface area contributed by atoms with Crippen molar-refractivity contribution in [2.24, 2.45) is 10.9 Å². The first-order valence-corrected chi connectivity index (χ1v) is 10.5. The van der Waals surface area contributed by atoms with Crippen LogP contribution in [0.25, 0.3) is 0 Å². The summed E-state index contributed by atoms with van der Waals surface area (Å²) in [6, 6.07) is 10.6. The second-order valence-corrected chi connectivity index (χ2v) is 9.09. The zero-order valence-corrected chi connectivity index (χ0v) is 20.3. The van der Waals surface area contributed by atoms with Gasteiger partial charge in [0.05, 0.1) is 12.7 Å². The van der Waals surface area contributed by atoms with E-state index in [0.29, 0.717) is 18.4 Å². The summed E-state index contributed by atoms with van der Waals surface area (Å²) in [6.07, 6.45) is 3.03. The van der Waals surface area contributed by atoms with Crippen LogP contribution < -0.4 is 5.32 Å². The SMILES string of the molecule is CN=C(NCc1ncc(C(C)(C)C)o1)N1CCC(CSc2ccccc2)C1.I. The summed E-state index contributed by atoms with van der Waals surface area (Å²) >= 11 is 1.94. The Morgan fingerprint density at radius 3 is 2.71 bits per heavy atom. The van der Waals surface area contributed by atoms with E-state index in [9.17, 15) is 0 Å². The molecule has 0 amide bonds. The van der Waals surface area contributed by atoms with Crippen molar-refractivity contribution in [1.82, 2.24) is 15.2 Å². The van der Waals surface area contributed by atoms with Crippen LogP contribution in [0.3, 0.4) is 0 Å². The molecule has 1 saturated heterocycles. The van der Waals surface area contributed by atoms with Crippen LogP contribution in [0.15, 0.2) is 50.8 Å². The van der Waals surface area contributed by atoms with Gasteiger partial charge in [0, 0.05) is 36.2 Å². The molecule has 154 valence electrons. The van der Waals surface area contributed by atoms with Gasteiger partial charge >= 0.3 is 0 Å². The number of thioether (sulfide) groups is 1. The summed E-state index contributed by atoms with van der Waals surface area (Å²) in [6.45, 7) is 9.02. The molecule has 1 fully saturated rings. The van der Waals surface area contributed by atoms with Crippen molar-refractivity contribution in [3.63, 3.8) is 0 Å². The Hall–Kier alpha value is -1.22. The summed E-state index contributed by atoms with van der Waals surface area (Å²) in [4.78, 5) is 12.5. The van der Waals surface area contributed by atoms with E-state index in [1.54, 1.807) is 0 Å². The zero-order valence-electron chi connectivity index (χ0n) is 17.1. The first-order chi connectivity index (χ1) is 13.0. The van der Waals surface area contributed by atoms with E-state index in [4.69, 9.17) is 4.42 Å². The summed E-state index contributed by atoms with van der Waals surface area (Å²) in [5.41, 5.74) is -0.0223. The predicted octanol–water partition coefficient (Wildman–Crippen LogP) is 4.78. The second-order valence-electron chi connectivity index (χ2n) is 7.99. The third-order valence-corrected chi connectivity index (χ3v) is 5.96. The molecule has 1 aromatic carbocycles. The molecule has 5 nitrogen and oxygen atoms in total. The third kappa shape index (κ3) is 6.40. The molecule has 1 unspecified atom stereocenters. The lowest BCUT2D eigenvalue weighted by Gasteiger charge is -2.21. The maximum Gasteiger partial charge on any atom is 0.213 e. The van der Waals surface area contributed by atoms with E-state index in [1.807, 2.05) is 25.0 Å². The number of guanidine groups is 1. The van der Waals surface area contributed by atoms with Gasteiger partial charge < -0.3 is 14.6 Å². The summed E-state index contributed by atoms with van der Waals surface area (Å²) in [7, 11) is 1.84. The van der Waals surface area contributed by atoms with Gasteiger partial charge in [-0.25, -0.2) is 4.98 Å². The number of aliphatic imine (C=N–C) groups is 1. The number of hydrogen-bond acceptors (Lipinski definition) is 4. The average Bonchev–Trinajstić information content (AvgIpc) is 3.31. The fraction of sp³-hybridized carbons (Fsp3) is 0.524. The minimum absolute atomic E-state index is 0. The molecule has 2 heterocycles. The normalized spacial score (nSPS) is 17.5. The number of aromatic nitrogens is 1. The average molecular weight is 514 g/mol. The molecule has 28 heavy (non-hydrogen) atoms. The van der Waals surface area contributed by atoms with Crippen LogP contribution in [0.1, 0.15) is 38.8 Å². The Labute approximate surface area is 189 Å². The largest absolute Gasteiger partial charge is 0.443 e. The van der Waals surface area contributed by atoms with E-state index >= 15 is 0 Å². The highest BCUT2D eigenvalue weighted by atomic mass is 127. The number of hydrogen-bond donors (Lipinski definition) is 1. The van der Waals surface area contributed by atoms with Crippen LogP contribution in [0.4, 0.5) is 0 Å². The number of nitrogens with zero attached hydrogens (tertiary/aromatic N) is 3. The van der Waals surface area contributed by atoms with Crippen LogP contribution >= 0.6 is 35.7 Å². The lowest BCUT2D eigenvalue weighted by atomic mass is 9.94. The van der Waals surface area contributed by atoms with Gasteiger partial charge in [0.1, 0.15) is 5.76 Å². The molecule has 1 N–H and O–H groups in total. The molecule has 1 aliphatic rings. The number of oxazole rings is 1. The van der Waals surface area contributed by atoms with Gasteiger partial charge in [-0.2, -0.15) is 0 Å². The Morgan fingerprint density at radius 1 is 1.32 bits per heavy atom. The lowest BCUT2D eigenvalue weighted by Crippen LogP contribution is -2.39. The van der Waals surface area contributed by atoms with Crippen LogP contribution in [0.2, 0.25) is 0 Å². The van der Waals surface area contributed by atoms with Crippen molar-refractivity contribution in [3.8, 4) is 0 Å². The fourth-order valence-electron chi connectivity index (χ4n) is 3.12. The molecule has 1 aromatic heterocycles. The molecule has 0 spiro atoms. The van der Waals surface area contributed by atoms with Gasteiger partial charge in [0.2, 0.25) is 5.89 Å². The smallest absolute Gasteiger partial charge is 0.213 e. The maximum absolute atomic E-state index is 5.86. The van der Waals surface area contributed by atoms with Crippen LogP contribution in [0, 0.1) is 5.92 Å². The van der Waals surface area contributed by atoms with Gasteiger partial charge in [-0.15, -0.1) is 35.7 Å².